The van der Waals surface area contributed by atoms with Crippen LogP contribution in [0.5, 0.6) is 5.75 Å². The highest BCUT2D eigenvalue weighted by molar-refractivity contribution is 5.99. The van der Waals surface area contributed by atoms with Crippen molar-refractivity contribution < 1.29 is 14.3 Å². The Balaban J connectivity index is 1.79. The van der Waals surface area contributed by atoms with E-state index in [1.54, 1.807) is 25.0 Å². The molecule has 0 saturated carbocycles. The number of ketones is 1. The fraction of sp³-hybridized carbons (Fsp3) is 0.263. The van der Waals surface area contributed by atoms with Crippen molar-refractivity contribution in [1.82, 2.24) is 0 Å². The summed E-state index contributed by atoms with van der Waals surface area (Å²) in [6, 6.07) is 13.1. The zero-order valence-corrected chi connectivity index (χ0v) is 13.3. The van der Waals surface area contributed by atoms with Gasteiger partial charge in [0.15, 0.2) is 5.78 Å². The Labute approximate surface area is 135 Å². The smallest absolute Gasteiger partial charge is 0.231 e. The average Bonchev–Trinajstić information content (AvgIpc) is 2.98. The van der Waals surface area contributed by atoms with E-state index in [4.69, 9.17) is 4.74 Å². The highest BCUT2D eigenvalue weighted by atomic mass is 16.5. The minimum atomic E-state index is 0.0500. The van der Waals surface area contributed by atoms with Gasteiger partial charge in [-0.15, -0.1) is 0 Å². The van der Waals surface area contributed by atoms with Crippen LogP contribution in [0.2, 0.25) is 0 Å². The Bertz CT molecular complexity index is 767. The molecular weight excluding hydrogens is 290 g/mol. The van der Waals surface area contributed by atoms with Gasteiger partial charge in [0.1, 0.15) is 5.75 Å². The summed E-state index contributed by atoms with van der Waals surface area (Å²) in [7, 11) is 1.62. The molecule has 1 aliphatic heterocycles. The molecule has 0 fully saturated rings. The van der Waals surface area contributed by atoms with Gasteiger partial charge in [0.05, 0.1) is 13.5 Å². The van der Waals surface area contributed by atoms with E-state index < -0.39 is 0 Å². The van der Waals surface area contributed by atoms with E-state index in [2.05, 4.69) is 0 Å². The van der Waals surface area contributed by atoms with Crippen LogP contribution in [0.3, 0.4) is 0 Å². The van der Waals surface area contributed by atoms with Gasteiger partial charge in [-0.25, -0.2) is 0 Å². The van der Waals surface area contributed by atoms with E-state index in [1.165, 1.54) is 0 Å². The number of anilines is 1. The molecule has 1 heterocycles. The van der Waals surface area contributed by atoms with Crippen LogP contribution in [0.25, 0.3) is 0 Å². The van der Waals surface area contributed by atoms with E-state index >= 15 is 0 Å². The third-order valence-corrected chi connectivity index (χ3v) is 4.17. The first kappa shape index (κ1) is 15.3. The van der Waals surface area contributed by atoms with Gasteiger partial charge in [0.2, 0.25) is 5.91 Å². The van der Waals surface area contributed by atoms with Crippen LogP contribution < -0.4 is 9.64 Å². The average molecular weight is 309 g/mol. The maximum absolute atomic E-state index is 12.6. The van der Waals surface area contributed by atoms with E-state index in [0.717, 1.165) is 29.0 Å². The van der Waals surface area contributed by atoms with Crippen LogP contribution in [-0.2, 0) is 17.6 Å². The molecular formula is C19H19NO3. The van der Waals surface area contributed by atoms with Crippen LogP contribution in [0, 0.1) is 0 Å². The fourth-order valence-corrected chi connectivity index (χ4v) is 2.93. The van der Waals surface area contributed by atoms with Gasteiger partial charge < -0.3 is 9.64 Å². The lowest BCUT2D eigenvalue weighted by Crippen LogP contribution is -2.30. The lowest BCUT2D eigenvalue weighted by atomic mass is 10.1. The van der Waals surface area contributed by atoms with Gasteiger partial charge in [-0.3, -0.25) is 9.59 Å². The van der Waals surface area contributed by atoms with Crippen molar-refractivity contribution in [3.63, 3.8) is 0 Å². The second-order valence-corrected chi connectivity index (χ2v) is 5.72. The Morgan fingerprint density at radius 3 is 2.74 bits per heavy atom. The number of carbonyl (C=O) groups is 2. The monoisotopic (exact) mass is 309 g/mol. The fourth-order valence-electron chi connectivity index (χ4n) is 2.93. The number of methoxy groups -OCH3 is 1. The summed E-state index contributed by atoms with van der Waals surface area (Å²) < 4.78 is 5.20. The number of ether oxygens (including phenoxy) is 1. The summed E-state index contributed by atoms with van der Waals surface area (Å²) in [4.78, 5) is 25.9. The number of hydrogen-bond acceptors (Lipinski definition) is 3. The molecule has 4 nitrogen and oxygen atoms in total. The lowest BCUT2D eigenvalue weighted by molar-refractivity contribution is -0.117. The predicted octanol–water partition coefficient (Wildman–Crippen LogP) is 3.03. The summed E-state index contributed by atoms with van der Waals surface area (Å²) in [5, 5.41) is 0. The summed E-state index contributed by atoms with van der Waals surface area (Å²) in [5.74, 6) is 0.866. The molecule has 0 aromatic heterocycles. The number of rotatable bonds is 4. The summed E-state index contributed by atoms with van der Waals surface area (Å²) in [6.45, 7) is 2.22. The standard InChI is InChI=1S/C19H19NO3/c1-13(21)15-6-7-18-16(12-15)8-9-20(18)19(22)11-14-4-3-5-17(10-14)23-2/h3-7,10,12H,8-9,11H2,1-2H3. The number of fused-ring (bicyclic) bond motifs is 1. The Kier molecular flexibility index (Phi) is 4.15. The highest BCUT2D eigenvalue weighted by Gasteiger charge is 2.25. The summed E-state index contributed by atoms with van der Waals surface area (Å²) in [5.41, 5.74) is 3.62. The first-order chi connectivity index (χ1) is 11.1. The van der Waals surface area contributed by atoms with Gasteiger partial charge >= 0.3 is 0 Å². The van der Waals surface area contributed by atoms with Crippen LogP contribution >= 0.6 is 0 Å². The molecule has 0 spiro atoms. The summed E-state index contributed by atoms with van der Waals surface area (Å²) >= 11 is 0. The Hall–Kier alpha value is -2.62. The van der Waals surface area contributed by atoms with Crippen molar-refractivity contribution in [3.8, 4) is 5.75 Å². The van der Waals surface area contributed by atoms with E-state index in [-0.39, 0.29) is 11.7 Å². The van der Waals surface area contributed by atoms with Gasteiger partial charge in [-0.05, 0) is 54.8 Å². The second-order valence-electron chi connectivity index (χ2n) is 5.72. The molecule has 0 radical (unpaired) electrons. The molecule has 0 unspecified atom stereocenters. The molecule has 0 N–H and O–H groups in total. The highest BCUT2D eigenvalue weighted by Crippen LogP contribution is 2.29. The minimum Gasteiger partial charge on any atom is -0.497 e. The zero-order chi connectivity index (χ0) is 16.4. The molecule has 2 aromatic rings. The van der Waals surface area contributed by atoms with Crippen LogP contribution in [0.1, 0.15) is 28.4 Å². The number of nitrogens with zero attached hydrogens (tertiary/aromatic N) is 1. The molecule has 0 aliphatic carbocycles. The largest absolute Gasteiger partial charge is 0.497 e. The molecule has 1 amide bonds. The third kappa shape index (κ3) is 3.11. The van der Waals surface area contributed by atoms with E-state index in [0.29, 0.717) is 18.5 Å². The van der Waals surface area contributed by atoms with Crippen LogP contribution in [0.15, 0.2) is 42.5 Å². The van der Waals surface area contributed by atoms with Crippen molar-refractivity contribution in [1.29, 1.82) is 0 Å². The van der Waals surface area contributed by atoms with Crippen LogP contribution in [0.4, 0.5) is 5.69 Å². The molecule has 23 heavy (non-hydrogen) atoms. The minimum absolute atomic E-state index is 0.0500. The molecule has 118 valence electrons. The van der Waals surface area contributed by atoms with Gasteiger partial charge in [0, 0.05) is 17.8 Å². The SMILES string of the molecule is COc1cccc(CC(=O)N2CCc3cc(C(C)=O)ccc32)c1. The lowest BCUT2D eigenvalue weighted by Gasteiger charge is -2.17. The molecule has 1 aliphatic rings. The van der Waals surface area contributed by atoms with Crippen molar-refractivity contribution in [3.05, 3.63) is 59.2 Å². The number of Topliss-reactive ketones (excluding diaryl/α,β-unsaturated/α-hetero) is 1. The van der Waals surface area contributed by atoms with Crippen molar-refractivity contribution in [2.24, 2.45) is 0 Å². The normalized spacial score (nSPS) is 12.9. The van der Waals surface area contributed by atoms with Gasteiger partial charge in [-0.1, -0.05) is 12.1 Å². The molecule has 0 saturated heterocycles. The maximum atomic E-state index is 12.6. The van der Waals surface area contributed by atoms with Gasteiger partial charge in [-0.2, -0.15) is 0 Å². The topological polar surface area (TPSA) is 46.6 Å². The molecule has 4 heteroatoms. The first-order valence-corrected chi connectivity index (χ1v) is 7.65. The van der Waals surface area contributed by atoms with E-state index in [9.17, 15) is 9.59 Å². The predicted molar refractivity (Wildman–Crippen MR) is 89.2 cm³/mol. The molecule has 2 aromatic carbocycles. The van der Waals surface area contributed by atoms with E-state index in [1.807, 2.05) is 36.4 Å². The Morgan fingerprint density at radius 2 is 2.00 bits per heavy atom. The van der Waals surface area contributed by atoms with Crippen molar-refractivity contribution in [2.45, 2.75) is 19.8 Å². The van der Waals surface area contributed by atoms with Crippen LogP contribution in [-0.4, -0.2) is 25.3 Å². The molecule has 0 bridgehead atoms. The second kappa shape index (κ2) is 6.24. The number of amides is 1. The number of hydrogen-bond donors (Lipinski definition) is 0. The first-order valence-electron chi connectivity index (χ1n) is 7.65. The Morgan fingerprint density at radius 1 is 1.17 bits per heavy atom. The number of carbonyl (C=O) groups excluding carboxylic acids is 2. The maximum Gasteiger partial charge on any atom is 0.231 e. The number of benzene rings is 2. The molecule has 0 atom stereocenters. The third-order valence-electron chi connectivity index (χ3n) is 4.17. The van der Waals surface area contributed by atoms with Gasteiger partial charge in [0.25, 0.3) is 0 Å². The van der Waals surface area contributed by atoms with Crippen molar-refractivity contribution in [2.75, 3.05) is 18.6 Å². The summed E-state index contributed by atoms with van der Waals surface area (Å²) in [6.07, 6.45) is 1.13. The quantitative estimate of drug-likeness (QED) is 0.816. The molecule has 3 rings (SSSR count). The zero-order valence-electron chi connectivity index (χ0n) is 13.3. The van der Waals surface area contributed by atoms with Crippen molar-refractivity contribution >= 4 is 17.4 Å².